The van der Waals surface area contributed by atoms with Crippen molar-refractivity contribution in [3.63, 3.8) is 0 Å². The first-order valence-corrected chi connectivity index (χ1v) is 11.1. The van der Waals surface area contributed by atoms with Gasteiger partial charge in [0.2, 0.25) is 0 Å². The van der Waals surface area contributed by atoms with Gasteiger partial charge in [0.05, 0.1) is 18.8 Å². The molecule has 6 heteroatoms. The number of rotatable bonds is 5. The van der Waals surface area contributed by atoms with Gasteiger partial charge in [-0.3, -0.25) is 4.79 Å². The van der Waals surface area contributed by atoms with Gasteiger partial charge in [0.15, 0.2) is 0 Å². The zero-order chi connectivity index (χ0) is 23.5. The molecule has 1 aliphatic heterocycles. The smallest absolute Gasteiger partial charge is 0.251 e. The number of benzene rings is 3. The molecular weight excluding hydrogens is 418 g/mol. The molecule has 0 radical (unpaired) electrons. The summed E-state index contributed by atoms with van der Waals surface area (Å²) in [5.41, 5.74) is 6.56. The Kier molecular flexibility index (Phi) is 6.91. The molecule has 1 saturated heterocycles. The van der Waals surface area contributed by atoms with Crippen molar-refractivity contribution in [2.75, 3.05) is 13.7 Å². The summed E-state index contributed by atoms with van der Waals surface area (Å²) in [6.07, 6.45) is -2.94. The molecule has 0 bridgehead atoms. The van der Waals surface area contributed by atoms with Crippen LogP contribution in [0.4, 0.5) is 0 Å². The van der Waals surface area contributed by atoms with E-state index >= 15 is 0 Å². The van der Waals surface area contributed by atoms with Gasteiger partial charge in [-0.1, -0.05) is 54.6 Å². The average Bonchev–Trinajstić information content (AvgIpc) is 2.85. The first-order valence-electron chi connectivity index (χ1n) is 11.1. The number of nitrogens with one attached hydrogen (secondary N) is 1. The van der Waals surface area contributed by atoms with Crippen molar-refractivity contribution in [3.8, 4) is 22.3 Å². The van der Waals surface area contributed by atoms with Crippen LogP contribution in [0.5, 0.6) is 0 Å². The van der Waals surface area contributed by atoms with Crippen LogP contribution < -0.4 is 5.32 Å². The molecule has 3 aromatic rings. The second-order valence-electron chi connectivity index (χ2n) is 8.47. The lowest BCUT2D eigenvalue weighted by atomic mass is 9.91. The summed E-state index contributed by atoms with van der Waals surface area (Å²) in [5.74, 6) is -0.116. The number of carbonyl (C=O) groups excluding carboxylic acids is 1. The molecule has 0 spiro atoms. The van der Waals surface area contributed by atoms with E-state index in [9.17, 15) is 20.1 Å². The molecule has 1 heterocycles. The van der Waals surface area contributed by atoms with Gasteiger partial charge in [0, 0.05) is 19.0 Å². The van der Waals surface area contributed by atoms with Crippen LogP contribution >= 0.6 is 0 Å². The van der Waals surface area contributed by atoms with Crippen LogP contribution in [0, 0.1) is 6.92 Å². The van der Waals surface area contributed by atoms with E-state index in [1.807, 2.05) is 55.5 Å². The van der Waals surface area contributed by atoms with Crippen molar-refractivity contribution in [1.82, 2.24) is 5.32 Å². The van der Waals surface area contributed by atoms with E-state index in [0.29, 0.717) is 5.56 Å². The highest BCUT2D eigenvalue weighted by Crippen LogP contribution is 2.34. The van der Waals surface area contributed by atoms with E-state index in [4.69, 9.17) is 4.74 Å². The maximum atomic E-state index is 12.0. The van der Waals surface area contributed by atoms with Crippen LogP contribution in [0.2, 0.25) is 0 Å². The van der Waals surface area contributed by atoms with E-state index < -0.39 is 24.4 Å². The summed E-state index contributed by atoms with van der Waals surface area (Å²) in [6.45, 7) is 1.85. The molecule has 0 aromatic heterocycles. The highest BCUT2D eigenvalue weighted by molar-refractivity contribution is 5.95. The standard InChI is InChI=1S/C27H29NO5/c1-16-12-20(19-4-3-5-21(13-19)27(32)28-2)10-11-23(16)17-6-8-18(9-7-17)26-25(31)24(30)14-22(15-29)33-26/h3-13,22,24-26,29-31H,14-15H2,1-2H3,(H,28,32). The quantitative estimate of drug-likeness (QED) is 0.481. The Labute approximate surface area is 193 Å². The zero-order valence-electron chi connectivity index (χ0n) is 18.7. The summed E-state index contributed by atoms with van der Waals surface area (Å²) >= 11 is 0. The molecule has 0 saturated carbocycles. The molecular formula is C27H29NO5. The number of carbonyl (C=O) groups is 1. The van der Waals surface area contributed by atoms with E-state index in [0.717, 1.165) is 33.4 Å². The minimum atomic E-state index is -1.04. The van der Waals surface area contributed by atoms with Crippen LogP contribution in [0.25, 0.3) is 22.3 Å². The Hall–Kier alpha value is -3.03. The lowest BCUT2D eigenvalue weighted by Crippen LogP contribution is -2.44. The highest BCUT2D eigenvalue weighted by Gasteiger charge is 2.37. The lowest BCUT2D eigenvalue weighted by Gasteiger charge is -2.36. The van der Waals surface area contributed by atoms with Crippen molar-refractivity contribution >= 4 is 5.91 Å². The summed E-state index contributed by atoms with van der Waals surface area (Å²) in [6, 6.07) is 21.4. The Morgan fingerprint density at radius 3 is 2.36 bits per heavy atom. The Balaban J connectivity index is 1.57. The third-order valence-electron chi connectivity index (χ3n) is 6.21. The van der Waals surface area contributed by atoms with Gasteiger partial charge in [0.25, 0.3) is 5.91 Å². The van der Waals surface area contributed by atoms with Crippen molar-refractivity contribution in [1.29, 1.82) is 0 Å². The summed E-state index contributed by atoms with van der Waals surface area (Å²) < 4.78 is 5.78. The minimum Gasteiger partial charge on any atom is -0.394 e. The Morgan fingerprint density at radius 1 is 1.00 bits per heavy atom. The summed E-state index contributed by atoms with van der Waals surface area (Å²) in [7, 11) is 1.62. The number of aliphatic hydroxyl groups excluding tert-OH is 3. The minimum absolute atomic E-state index is 0.116. The van der Waals surface area contributed by atoms with Gasteiger partial charge in [-0.15, -0.1) is 0 Å². The van der Waals surface area contributed by atoms with Gasteiger partial charge in [-0.05, 0) is 52.4 Å². The monoisotopic (exact) mass is 447 g/mol. The lowest BCUT2D eigenvalue weighted by molar-refractivity contribution is -0.179. The van der Waals surface area contributed by atoms with E-state index in [-0.39, 0.29) is 18.9 Å². The molecule has 172 valence electrons. The molecule has 33 heavy (non-hydrogen) atoms. The number of ether oxygens (including phenoxy) is 1. The predicted octanol–water partition coefficient (Wildman–Crippen LogP) is 3.23. The number of aryl methyl sites for hydroxylation is 1. The third kappa shape index (κ3) is 4.84. The Morgan fingerprint density at radius 2 is 1.70 bits per heavy atom. The number of aliphatic hydroxyl groups is 3. The second-order valence-corrected chi connectivity index (χ2v) is 8.47. The highest BCUT2D eigenvalue weighted by atomic mass is 16.5. The van der Waals surface area contributed by atoms with Gasteiger partial charge < -0.3 is 25.4 Å². The molecule has 3 aromatic carbocycles. The van der Waals surface area contributed by atoms with Crippen LogP contribution in [-0.2, 0) is 4.74 Å². The normalized spacial score (nSPS) is 22.7. The average molecular weight is 448 g/mol. The first kappa shape index (κ1) is 23.1. The number of amides is 1. The molecule has 4 unspecified atom stereocenters. The van der Waals surface area contributed by atoms with Crippen LogP contribution in [0.1, 0.15) is 34.0 Å². The topological polar surface area (TPSA) is 99.0 Å². The van der Waals surface area contributed by atoms with Crippen molar-refractivity contribution < 1.29 is 24.9 Å². The molecule has 1 aliphatic rings. The maximum Gasteiger partial charge on any atom is 0.251 e. The van der Waals surface area contributed by atoms with Crippen LogP contribution in [0.3, 0.4) is 0 Å². The van der Waals surface area contributed by atoms with Crippen LogP contribution in [0.15, 0.2) is 66.7 Å². The number of hydrogen-bond acceptors (Lipinski definition) is 5. The molecule has 0 aliphatic carbocycles. The van der Waals surface area contributed by atoms with Crippen molar-refractivity contribution in [3.05, 3.63) is 83.4 Å². The number of hydrogen-bond donors (Lipinski definition) is 4. The molecule has 6 nitrogen and oxygen atoms in total. The van der Waals surface area contributed by atoms with Gasteiger partial charge in [-0.25, -0.2) is 0 Å². The van der Waals surface area contributed by atoms with E-state index in [1.165, 1.54) is 0 Å². The predicted molar refractivity (Wildman–Crippen MR) is 127 cm³/mol. The molecule has 1 amide bonds. The summed E-state index contributed by atoms with van der Waals surface area (Å²) in [4.78, 5) is 12.0. The largest absolute Gasteiger partial charge is 0.394 e. The van der Waals surface area contributed by atoms with Crippen molar-refractivity contribution in [2.24, 2.45) is 0 Å². The SMILES string of the molecule is CNC(=O)c1cccc(-c2ccc(-c3ccc(C4OC(CO)CC(O)C4O)cc3)c(C)c2)c1. The third-order valence-corrected chi connectivity index (χ3v) is 6.21. The summed E-state index contributed by atoms with van der Waals surface area (Å²) in [5, 5.41) is 32.5. The van der Waals surface area contributed by atoms with E-state index in [1.54, 1.807) is 13.1 Å². The van der Waals surface area contributed by atoms with E-state index in [2.05, 4.69) is 17.4 Å². The van der Waals surface area contributed by atoms with Gasteiger partial charge in [0.1, 0.15) is 12.2 Å². The molecule has 4 N–H and O–H groups in total. The Bertz CT molecular complexity index is 1130. The fourth-order valence-electron chi connectivity index (χ4n) is 4.35. The molecule has 4 rings (SSSR count). The zero-order valence-corrected chi connectivity index (χ0v) is 18.7. The molecule has 4 atom stereocenters. The van der Waals surface area contributed by atoms with Gasteiger partial charge >= 0.3 is 0 Å². The van der Waals surface area contributed by atoms with Crippen LogP contribution in [-0.4, -0.2) is 53.2 Å². The maximum absolute atomic E-state index is 12.0. The fourth-order valence-corrected chi connectivity index (χ4v) is 4.35. The fraction of sp³-hybridized carbons (Fsp3) is 0.296. The second kappa shape index (κ2) is 9.85. The van der Waals surface area contributed by atoms with Gasteiger partial charge in [-0.2, -0.15) is 0 Å². The first-order chi connectivity index (χ1) is 15.9. The molecule has 1 fully saturated rings. The van der Waals surface area contributed by atoms with Crippen molar-refractivity contribution in [2.45, 2.75) is 37.8 Å².